The number of nitrogens with one attached hydrogen (secondary N) is 1. The van der Waals surface area contributed by atoms with Gasteiger partial charge in [-0.3, -0.25) is 0 Å². The van der Waals surface area contributed by atoms with Crippen molar-refractivity contribution in [2.75, 3.05) is 11.9 Å². The molecule has 1 aromatic carbocycles. The van der Waals surface area contributed by atoms with Crippen molar-refractivity contribution in [3.05, 3.63) is 28.5 Å². The predicted molar refractivity (Wildman–Crippen MR) is 50.3 cm³/mol. The summed E-state index contributed by atoms with van der Waals surface area (Å²) in [6, 6.07) is 3.04. The van der Waals surface area contributed by atoms with Crippen molar-refractivity contribution in [2.45, 2.75) is 13.8 Å². The third-order valence-corrected chi connectivity index (χ3v) is 1.93. The van der Waals surface area contributed by atoms with Gasteiger partial charge in [0.05, 0.1) is 10.7 Å². The Balaban J connectivity index is 3.05. The lowest BCUT2D eigenvalue weighted by atomic mass is 10.2. The molecule has 0 atom stereocenters. The highest BCUT2D eigenvalue weighted by Crippen LogP contribution is 2.24. The van der Waals surface area contributed by atoms with Crippen molar-refractivity contribution < 1.29 is 4.39 Å². The van der Waals surface area contributed by atoms with Gasteiger partial charge in [0.15, 0.2) is 0 Å². The van der Waals surface area contributed by atoms with Crippen LogP contribution in [0.3, 0.4) is 0 Å². The molecule has 0 bridgehead atoms. The first kappa shape index (κ1) is 9.33. The number of halogens is 2. The minimum Gasteiger partial charge on any atom is -0.384 e. The molecule has 0 spiro atoms. The first-order valence-electron chi connectivity index (χ1n) is 3.84. The van der Waals surface area contributed by atoms with E-state index in [0.29, 0.717) is 16.3 Å². The van der Waals surface area contributed by atoms with E-state index in [1.807, 2.05) is 6.92 Å². The molecule has 12 heavy (non-hydrogen) atoms. The Morgan fingerprint density at radius 1 is 1.50 bits per heavy atom. The Morgan fingerprint density at radius 2 is 2.17 bits per heavy atom. The third-order valence-electron chi connectivity index (χ3n) is 1.62. The average Bonchev–Trinajstić information content (AvgIpc) is 2.01. The van der Waals surface area contributed by atoms with Crippen LogP contribution in [0.5, 0.6) is 0 Å². The fourth-order valence-corrected chi connectivity index (χ4v) is 1.26. The number of hydrogen-bond donors (Lipinski definition) is 1. The van der Waals surface area contributed by atoms with E-state index >= 15 is 0 Å². The van der Waals surface area contributed by atoms with Crippen LogP contribution in [0, 0.1) is 12.7 Å². The largest absolute Gasteiger partial charge is 0.384 e. The Morgan fingerprint density at radius 3 is 2.75 bits per heavy atom. The minimum atomic E-state index is -0.227. The van der Waals surface area contributed by atoms with Gasteiger partial charge in [-0.1, -0.05) is 11.6 Å². The third kappa shape index (κ3) is 1.89. The molecule has 0 saturated carbocycles. The van der Waals surface area contributed by atoms with Crippen LogP contribution in [-0.4, -0.2) is 6.54 Å². The maximum Gasteiger partial charge on any atom is 0.128 e. The highest BCUT2D eigenvalue weighted by Gasteiger charge is 2.03. The lowest BCUT2D eigenvalue weighted by Gasteiger charge is -2.06. The predicted octanol–water partition coefficient (Wildman–Crippen LogP) is 3.22. The lowest BCUT2D eigenvalue weighted by molar-refractivity contribution is 0.619. The number of anilines is 1. The van der Waals surface area contributed by atoms with E-state index in [9.17, 15) is 4.39 Å². The highest BCUT2D eigenvalue weighted by atomic mass is 35.5. The van der Waals surface area contributed by atoms with Crippen LogP contribution in [0.25, 0.3) is 0 Å². The summed E-state index contributed by atoms with van der Waals surface area (Å²) in [5.74, 6) is -0.227. The summed E-state index contributed by atoms with van der Waals surface area (Å²) in [5.41, 5.74) is 1.23. The van der Waals surface area contributed by atoms with Crippen LogP contribution >= 0.6 is 11.6 Å². The molecule has 3 heteroatoms. The van der Waals surface area contributed by atoms with Crippen LogP contribution in [0.2, 0.25) is 5.02 Å². The van der Waals surface area contributed by atoms with E-state index in [0.717, 1.165) is 6.54 Å². The monoisotopic (exact) mass is 187 g/mol. The van der Waals surface area contributed by atoms with Gasteiger partial charge in [0.25, 0.3) is 0 Å². The second-order valence-electron chi connectivity index (χ2n) is 2.61. The molecule has 0 fully saturated rings. The smallest absolute Gasteiger partial charge is 0.128 e. The number of hydrogen-bond acceptors (Lipinski definition) is 1. The van der Waals surface area contributed by atoms with E-state index in [1.165, 1.54) is 6.07 Å². The number of aryl methyl sites for hydroxylation is 1. The standard InChI is InChI=1S/C9H11ClFN/c1-3-12-9-5-8(11)6(2)4-7(9)10/h4-5,12H,3H2,1-2H3. The summed E-state index contributed by atoms with van der Waals surface area (Å²) in [4.78, 5) is 0. The van der Waals surface area contributed by atoms with E-state index in [2.05, 4.69) is 5.32 Å². The molecule has 0 unspecified atom stereocenters. The van der Waals surface area contributed by atoms with E-state index < -0.39 is 0 Å². The zero-order valence-electron chi connectivity index (χ0n) is 7.12. The molecule has 0 amide bonds. The minimum absolute atomic E-state index is 0.227. The normalized spacial score (nSPS) is 10.0. The SMILES string of the molecule is CCNc1cc(F)c(C)cc1Cl. The maximum absolute atomic E-state index is 13.0. The van der Waals surface area contributed by atoms with Crippen LogP contribution < -0.4 is 5.32 Å². The molecule has 0 radical (unpaired) electrons. The molecule has 0 saturated heterocycles. The molecule has 66 valence electrons. The molecule has 0 aliphatic carbocycles. The van der Waals surface area contributed by atoms with E-state index in [4.69, 9.17) is 11.6 Å². The molecular weight excluding hydrogens is 177 g/mol. The average molecular weight is 188 g/mol. The fraction of sp³-hybridized carbons (Fsp3) is 0.333. The van der Waals surface area contributed by atoms with Crippen molar-refractivity contribution in [3.8, 4) is 0 Å². The highest BCUT2D eigenvalue weighted by molar-refractivity contribution is 6.33. The van der Waals surface area contributed by atoms with E-state index in [-0.39, 0.29) is 5.82 Å². The van der Waals surface area contributed by atoms with Gasteiger partial charge in [-0.25, -0.2) is 4.39 Å². The molecule has 0 aliphatic rings. The van der Waals surface area contributed by atoms with Crippen molar-refractivity contribution in [1.29, 1.82) is 0 Å². The molecular formula is C9H11ClFN. The summed E-state index contributed by atoms with van der Waals surface area (Å²) < 4.78 is 13.0. The Kier molecular flexibility index (Phi) is 2.93. The lowest BCUT2D eigenvalue weighted by Crippen LogP contribution is -1.98. The summed E-state index contributed by atoms with van der Waals surface area (Å²) in [6.45, 7) is 4.37. The molecule has 0 heterocycles. The molecule has 1 rings (SSSR count). The topological polar surface area (TPSA) is 12.0 Å². The van der Waals surface area contributed by atoms with Crippen molar-refractivity contribution in [2.24, 2.45) is 0 Å². The second kappa shape index (κ2) is 3.76. The fourth-order valence-electron chi connectivity index (χ4n) is 0.972. The van der Waals surface area contributed by atoms with Gasteiger partial charge in [-0.2, -0.15) is 0 Å². The van der Waals surface area contributed by atoms with Crippen LogP contribution in [0.4, 0.5) is 10.1 Å². The van der Waals surface area contributed by atoms with Crippen molar-refractivity contribution in [1.82, 2.24) is 0 Å². The zero-order chi connectivity index (χ0) is 9.14. The Bertz CT molecular complexity index is 286. The first-order chi connectivity index (χ1) is 5.65. The quantitative estimate of drug-likeness (QED) is 0.750. The molecule has 0 aliphatic heterocycles. The summed E-state index contributed by atoms with van der Waals surface area (Å²) in [6.07, 6.45) is 0. The summed E-state index contributed by atoms with van der Waals surface area (Å²) in [7, 11) is 0. The summed E-state index contributed by atoms with van der Waals surface area (Å²) in [5, 5.41) is 3.54. The van der Waals surface area contributed by atoms with E-state index in [1.54, 1.807) is 13.0 Å². The van der Waals surface area contributed by atoms with Crippen LogP contribution in [0.15, 0.2) is 12.1 Å². The van der Waals surface area contributed by atoms with Gasteiger partial charge in [-0.05, 0) is 31.5 Å². The molecule has 1 N–H and O–H groups in total. The zero-order valence-corrected chi connectivity index (χ0v) is 7.87. The van der Waals surface area contributed by atoms with Crippen molar-refractivity contribution in [3.63, 3.8) is 0 Å². The Hall–Kier alpha value is -0.760. The molecule has 1 nitrogen and oxygen atoms in total. The van der Waals surface area contributed by atoms with Gasteiger partial charge in [0.1, 0.15) is 5.82 Å². The van der Waals surface area contributed by atoms with Crippen LogP contribution in [-0.2, 0) is 0 Å². The number of benzene rings is 1. The Labute approximate surface area is 76.5 Å². The van der Waals surface area contributed by atoms with Gasteiger partial charge in [0.2, 0.25) is 0 Å². The maximum atomic E-state index is 13.0. The first-order valence-corrected chi connectivity index (χ1v) is 4.22. The van der Waals surface area contributed by atoms with Gasteiger partial charge in [-0.15, -0.1) is 0 Å². The van der Waals surface area contributed by atoms with Gasteiger partial charge in [0, 0.05) is 6.54 Å². The van der Waals surface area contributed by atoms with Crippen molar-refractivity contribution >= 4 is 17.3 Å². The second-order valence-corrected chi connectivity index (χ2v) is 3.02. The summed E-state index contributed by atoms with van der Waals surface area (Å²) >= 11 is 5.85. The number of rotatable bonds is 2. The van der Waals surface area contributed by atoms with Gasteiger partial charge < -0.3 is 5.32 Å². The molecule has 1 aromatic rings. The van der Waals surface area contributed by atoms with Gasteiger partial charge >= 0.3 is 0 Å². The van der Waals surface area contributed by atoms with Crippen LogP contribution in [0.1, 0.15) is 12.5 Å². The molecule has 0 aromatic heterocycles.